The van der Waals surface area contributed by atoms with Crippen LogP contribution in [0.15, 0.2) is 24.5 Å². The molecule has 6 heteroatoms. The van der Waals surface area contributed by atoms with Gasteiger partial charge in [0.15, 0.2) is 6.10 Å². The van der Waals surface area contributed by atoms with Crippen LogP contribution in [-0.4, -0.2) is 28.6 Å². The molecule has 0 fully saturated rings. The molecule has 0 aliphatic rings. The summed E-state index contributed by atoms with van der Waals surface area (Å²) in [6.07, 6.45) is 0.272. The summed E-state index contributed by atoms with van der Waals surface area (Å²) in [6, 6.07) is 2.41. The second kappa shape index (κ2) is 4.98. The molecule has 0 amide bonds. The van der Waals surface area contributed by atoms with Crippen LogP contribution in [0.3, 0.4) is 0 Å². The van der Waals surface area contributed by atoms with E-state index in [1.165, 1.54) is 31.5 Å². The summed E-state index contributed by atoms with van der Waals surface area (Å²) in [5, 5.41) is 9.37. The van der Waals surface area contributed by atoms with Gasteiger partial charge in [0.25, 0.3) is 0 Å². The van der Waals surface area contributed by atoms with Crippen LogP contribution in [0.4, 0.5) is 8.78 Å². The minimum absolute atomic E-state index is 0.0898. The summed E-state index contributed by atoms with van der Waals surface area (Å²) in [4.78, 5) is 14.6. The van der Waals surface area contributed by atoms with E-state index in [-0.39, 0.29) is 12.2 Å². The van der Waals surface area contributed by atoms with Crippen molar-refractivity contribution >= 4 is 5.97 Å². The van der Waals surface area contributed by atoms with Gasteiger partial charge in [0.1, 0.15) is 0 Å². The molecule has 1 heterocycles. The van der Waals surface area contributed by atoms with E-state index in [2.05, 4.69) is 9.72 Å². The average Bonchev–Trinajstić information content (AvgIpc) is 2.29. The quantitative estimate of drug-likeness (QED) is 0.794. The maximum atomic E-state index is 13.3. The average molecular weight is 231 g/mol. The van der Waals surface area contributed by atoms with Gasteiger partial charge in [0.2, 0.25) is 0 Å². The number of aromatic nitrogens is 1. The highest BCUT2D eigenvalue weighted by atomic mass is 19.3. The molecule has 0 aliphatic heterocycles. The minimum Gasteiger partial charge on any atom is -0.461 e. The number of aliphatic hydroxyl groups excluding tert-OH is 1. The molecule has 0 aromatic carbocycles. The van der Waals surface area contributed by atoms with Gasteiger partial charge in [-0.2, -0.15) is 8.78 Å². The van der Waals surface area contributed by atoms with Crippen LogP contribution < -0.4 is 0 Å². The first-order valence-electron chi connectivity index (χ1n) is 4.63. The highest BCUT2D eigenvalue weighted by molar-refractivity contribution is 5.78. The molecule has 0 saturated carbocycles. The SMILES string of the molecule is CCOC(=O)C(F)(F)C(O)c1ccncc1. The number of alkyl halides is 2. The lowest BCUT2D eigenvalue weighted by atomic mass is 10.1. The van der Waals surface area contributed by atoms with Crippen LogP contribution in [0.5, 0.6) is 0 Å². The number of pyridine rings is 1. The Hall–Kier alpha value is -1.56. The monoisotopic (exact) mass is 231 g/mol. The summed E-state index contributed by atoms with van der Waals surface area (Å²) in [5.74, 6) is -5.70. The molecule has 88 valence electrons. The van der Waals surface area contributed by atoms with Gasteiger partial charge in [-0.3, -0.25) is 4.98 Å². The van der Waals surface area contributed by atoms with Gasteiger partial charge >= 0.3 is 11.9 Å². The maximum Gasteiger partial charge on any atom is 0.380 e. The van der Waals surface area contributed by atoms with Crippen molar-refractivity contribution in [2.24, 2.45) is 0 Å². The summed E-state index contributed by atoms with van der Waals surface area (Å²) in [5.41, 5.74) is -0.0898. The topological polar surface area (TPSA) is 59.4 Å². The number of esters is 1. The van der Waals surface area contributed by atoms with Crippen molar-refractivity contribution in [3.8, 4) is 0 Å². The standard InChI is InChI=1S/C10H11F2NO3/c1-2-16-9(15)10(11,12)8(14)7-3-5-13-6-4-7/h3-6,8,14H,2H2,1H3. The Morgan fingerprint density at radius 1 is 1.56 bits per heavy atom. The van der Waals surface area contributed by atoms with Crippen molar-refractivity contribution in [3.05, 3.63) is 30.1 Å². The number of hydrogen-bond acceptors (Lipinski definition) is 4. The van der Waals surface area contributed by atoms with Crippen molar-refractivity contribution in [1.82, 2.24) is 4.98 Å². The van der Waals surface area contributed by atoms with Crippen molar-refractivity contribution in [2.75, 3.05) is 6.61 Å². The van der Waals surface area contributed by atoms with E-state index in [1.807, 2.05) is 0 Å². The fraction of sp³-hybridized carbons (Fsp3) is 0.400. The molecule has 1 N–H and O–H groups in total. The van der Waals surface area contributed by atoms with Crippen LogP contribution in [0.25, 0.3) is 0 Å². The molecule has 1 unspecified atom stereocenters. The van der Waals surface area contributed by atoms with E-state index in [1.54, 1.807) is 0 Å². The van der Waals surface area contributed by atoms with Gasteiger partial charge in [-0.25, -0.2) is 4.79 Å². The highest BCUT2D eigenvalue weighted by Crippen LogP contribution is 2.32. The third kappa shape index (κ3) is 2.52. The molecule has 0 aliphatic carbocycles. The summed E-state index contributed by atoms with van der Waals surface area (Å²) in [6.45, 7) is 1.24. The maximum absolute atomic E-state index is 13.3. The predicted octanol–water partition coefficient (Wildman–Crippen LogP) is 1.31. The summed E-state index contributed by atoms with van der Waals surface area (Å²) in [7, 11) is 0. The van der Waals surface area contributed by atoms with Gasteiger partial charge in [0, 0.05) is 12.4 Å². The summed E-state index contributed by atoms with van der Waals surface area (Å²) >= 11 is 0. The molecule has 0 bridgehead atoms. The Balaban J connectivity index is 2.87. The number of ether oxygens (including phenoxy) is 1. The fourth-order valence-electron chi connectivity index (χ4n) is 1.09. The Morgan fingerprint density at radius 3 is 2.62 bits per heavy atom. The zero-order valence-corrected chi connectivity index (χ0v) is 8.56. The second-order valence-electron chi connectivity index (χ2n) is 3.03. The molecular weight excluding hydrogens is 220 g/mol. The molecule has 0 radical (unpaired) electrons. The molecular formula is C10H11F2NO3. The predicted molar refractivity (Wildman–Crippen MR) is 50.8 cm³/mol. The van der Waals surface area contributed by atoms with Crippen LogP contribution in [0.1, 0.15) is 18.6 Å². The van der Waals surface area contributed by atoms with E-state index in [9.17, 15) is 18.7 Å². The minimum atomic E-state index is -3.96. The number of carbonyl (C=O) groups is 1. The third-order valence-corrected chi connectivity index (χ3v) is 1.91. The molecule has 1 aromatic heterocycles. The number of nitrogens with zero attached hydrogens (tertiary/aromatic N) is 1. The van der Waals surface area contributed by atoms with Crippen LogP contribution in [0.2, 0.25) is 0 Å². The molecule has 16 heavy (non-hydrogen) atoms. The van der Waals surface area contributed by atoms with Gasteiger partial charge in [-0.15, -0.1) is 0 Å². The first kappa shape index (κ1) is 12.5. The highest BCUT2D eigenvalue weighted by Gasteiger charge is 2.48. The molecule has 4 nitrogen and oxygen atoms in total. The van der Waals surface area contributed by atoms with E-state index in [0.29, 0.717) is 0 Å². The van der Waals surface area contributed by atoms with Crippen molar-refractivity contribution in [1.29, 1.82) is 0 Å². The zero-order valence-electron chi connectivity index (χ0n) is 8.56. The lowest BCUT2D eigenvalue weighted by Crippen LogP contribution is -2.37. The van der Waals surface area contributed by atoms with Crippen molar-refractivity contribution in [3.63, 3.8) is 0 Å². The number of rotatable bonds is 4. The van der Waals surface area contributed by atoms with Crippen LogP contribution >= 0.6 is 0 Å². The van der Waals surface area contributed by atoms with Crippen molar-refractivity contribution < 1.29 is 23.4 Å². The van der Waals surface area contributed by atoms with Gasteiger partial charge in [-0.05, 0) is 24.6 Å². The van der Waals surface area contributed by atoms with Crippen LogP contribution in [-0.2, 0) is 9.53 Å². The molecule has 1 rings (SSSR count). The smallest absolute Gasteiger partial charge is 0.380 e. The Morgan fingerprint density at radius 2 is 2.12 bits per heavy atom. The lowest BCUT2D eigenvalue weighted by molar-refractivity contribution is -0.189. The van der Waals surface area contributed by atoms with Gasteiger partial charge in [0.05, 0.1) is 6.61 Å². The third-order valence-electron chi connectivity index (χ3n) is 1.91. The number of carbonyl (C=O) groups excluding carboxylic acids is 1. The number of aliphatic hydroxyl groups is 1. The first-order chi connectivity index (χ1) is 7.50. The Kier molecular flexibility index (Phi) is 3.89. The molecule has 1 aromatic rings. The zero-order chi connectivity index (χ0) is 12.2. The van der Waals surface area contributed by atoms with E-state index in [0.717, 1.165) is 0 Å². The normalized spacial score (nSPS) is 13.2. The molecule has 0 spiro atoms. The van der Waals surface area contributed by atoms with E-state index < -0.39 is 18.0 Å². The lowest BCUT2D eigenvalue weighted by Gasteiger charge is -2.20. The van der Waals surface area contributed by atoms with Crippen molar-refractivity contribution in [2.45, 2.75) is 19.0 Å². The van der Waals surface area contributed by atoms with Crippen LogP contribution in [0, 0.1) is 0 Å². The van der Waals surface area contributed by atoms with E-state index >= 15 is 0 Å². The second-order valence-corrected chi connectivity index (χ2v) is 3.03. The number of hydrogen-bond donors (Lipinski definition) is 1. The number of halogens is 2. The van der Waals surface area contributed by atoms with Gasteiger partial charge < -0.3 is 9.84 Å². The molecule has 1 atom stereocenters. The Labute approximate surface area is 90.9 Å². The fourth-order valence-corrected chi connectivity index (χ4v) is 1.09. The summed E-state index contributed by atoms with van der Waals surface area (Å²) < 4.78 is 30.9. The van der Waals surface area contributed by atoms with E-state index in [4.69, 9.17) is 0 Å². The van der Waals surface area contributed by atoms with Gasteiger partial charge in [-0.1, -0.05) is 0 Å². The largest absolute Gasteiger partial charge is 0.461 e. The molecule has 0 saturated heterocycles. The Bertz CT molecular complexity index is 356. The first-order valence-corrected chi connectivity index (χ1v) is 4.63.